The van der Waals surface area contributed by atoms with E-state index < -0.39 is 54.0 Å². The fraction of sp³-hybridized carbons (Fsp3) is 0.409. The van der Waals surface area contributed by atoms with Crippen molar-refractivity contribution in [1.29, 1.82) is 0 Å². The molecule has 2 aliphatic heterocycles. The number of carbonyl (C=O) groups is 5. The summed E-state index contributed by atoms with van der Waals surface area (Å²) in [5.41, 5.74) is 0.148. The van der Waals surface area contributed by atoms with E-state index in [0.29, 0.717) is 0 Å². The number of rotatable bonds is 8. The van der Waals surface area contributed by atoms with Crippen LogP contribution in [0.15, 0.2) is 12.1 Å². The highest BCUT2D eigenvalue weighted by molar-refractivity contribution is 7.80. The lowest BCUT2D eigenvalue weighted by molar-refractivity contribution is -0.147. The molecule has 0 bridgehead atoms. The first-order valence-corrected chi connectivity index (χ1v) is 12.0. The quantitative estimate of drug-likeness (QED) is 0.255. The lowest BCUT2D eigenvalue weighted by Crippen LogP contribution is -2.62. The monoisotopic (exact) mass is 570 g/mol. The molecule has 4 amide bonds. The van der Waals surface area contributed by atoms with Crippen LogP contribution in [0.25, 0.3) is 0 Å². The Labute approximate surface area is 227 Å². The van der Waals surface area contributed by atoms with Crippen molar-refractivity contribution in [3.05, 3.63) is 22.7 Å². The van der Waals surface area contributed by atoms with Crippen LogP contribution in [0, 0.1) is 11.8 Å². The summed E-state index contributed by atoms with van der Waals surface area (Å²) in [4.78, 5) is 66.5. The molecule has 2 atom stereocenters. The third kappa shape index (κ3) is 5.50. The minimum atomic E-state index is -1.54. The number of amides is 4. The molecule has 2 fully saturated rings. The molecule has 1 aromatic rings. The summed E-state index contributed by atoms with van der Waals surface area (Å²) in [5.74, 6) is -8.12. The number of halogens is 1. The third-order valence-corrected chi connectivity index (χ3v) is 6.85. The SMILES string of the molecule is CCOC(=O)COc1c(Cl)cc(C([C@@H]2C(=O)NC(=S)N(C)C2=O)[C@@H]2C(=O)NC(=S)N(C)C2=O)cc1OC. The summed E-state index contributed by atoms with van der Waals surface area (Å²) < 4.78 is 15.7. The highest BCUT2D eigenvalue weighted by atomic mass is 35.5. The largest absolute Gasteiger partial charge is 0.493 e. The molecule has 0 aromatic heterocycles. The van der Waals surface area contributed by atoms with Crippen LogP contribution in [-0.2, 0) is 28.7 Å². The molecule has 3 rings (SSSR count). The Morgan fingerprint density at radius 1 is 1.03 bits per heavy atom. The molecule has 12 nitrogen and oxygen atoms in total. The Morgan fingerprint density at radius 3 is 2.00 bits per heavy atom. The van der Waals surface area contributed by atoms with Crippen molar-refractivity contribution in [2.24, 2.45) is 11.8 Å². The van der Waals surface area contributed by atoms with E-state index in [1.54, 1.807) is 6.92 Å². The number of hydrogen-bond acceptors (Lipinski definition) is 10. The minimum Gasteiger partial charge on any atom is -0.493 e. The number of thiocarbonyl (C=S) groups is 2. The van der Waals surface area contributed by atoms with Crippen molar-refractivity contribution in [2.45, 2.75) is 12.8 Å². The highest BCUT2D eigenvalue weighted by Crippen LogP contribution is 2.44. The number of esters is 1. The zero-order valence-corrected chi connectivity index (χ0v) is 22.5. The Bertz CT molecular complexity index is 1160. The van der Waals surface area contributed by atoms with Crippen molar-refractivity contribution in [3.8, 4) is 11.5 Å². The third-order valence-electron chi connectivity index (χ3n) is 5.82. The average molecular weight is 571 g/mol. The van der Waals surface area contributed by atoms with Crippen molar-refractivity contribution in [1.82, 2.24) is 20.4 Å². The summed E-state index contributed by atoms with van der Waals surface area (Å²) >= 11 is 16.5. The maximum atomic E-state index is 13.3. The van der Waals surface area contributed by atoms with Gasteiger partial charge in [0.1, 0.15) is 11.8 Å². The molecule has 37 heavy (non-hydrogen) atoms. The predicted molar refractivity (Wildman–Crippen MR) is 137 cm³/mol. The number of methoxy groups -OCH3 is 1. The molecule has 0 spiro atoms. The van der Waals surface area contributed by atoms with E-state index in [4.69, 9.17) is 50.2 Å². The van der Waals surface area contributed by atoms with Crippen molar-refractivity contribution < 1.29 is 38.2 Å². The van der Waals surface area contributed by atoms with Gasteiger partial charge in [0.25, 0.3) is 0 Å². The molecule has 0 aliphatic carbocycles. The summed E-state index contributed by atoms with van der Waals surface area (Å²) in [5, 5.41) is 4.53. The van der Waals surface area contributed by atoms with Crippen LogP contribution in [0.1, 0.15) is 18.4 Å². The second kappa shape index (κ2) is 11.4. The first-order valence-electron chi connectivity index (χ1n) is 10.8. The van der Waals surface area contributed by atoms with E-state index in [9.17, 15) is 24.0 Å². The van der Waals surface area contributed by atoms with Crippen LogP contribution in [0.4, 0.5) is 0 Å². The van der Waals surface area contributed by atoms with Gasteiger partial charge in [-0.25, -0.2) is 4.79 Å². The summed E-state index contributed by atoms with van der Waals surface area (Å²) in [7, 11) is 4.02. The van der Waals surface area contributed by atoms with Gasteiger partial charge in [0.05, 0.1) is 18.7 Å². The molecule has 1 aromatic carbocycles. The van der Waals surface area contributed by atoms with Gasteiger partial charge in [-0.1, -0.05) is 11.6 Å². The van der Waals surface area contributed by atoms with Gasteiger partial charge in [-0.15, -0.1) is 0 Å². The van der Waals surface area contributed by atoms with Gasteiger partial charge in [-0.2, -0.15) is 0 Å². The van der Waals surface area contributed by atoms with E-state index in [0.717, 1.165) is 9.80 Å². The van der Waals surface area contributed by atoms with Gasteiger partial charge in [-0.05, 0) is 49.1 Å². The van der Waals surface area contributed by atoms with Gasteiger partial charge in [0.15, 0.2) is 28.3 Å². The van der Waals surface area contributed by atoms with E-state index in [2.05, 4.69) is 10.6 Å². The second-order valence-electron chi connectivity index (χ2n) is 7.99. The first kappa shape index (κ1) is 28.2. The van der Waals surface area contributed by atoms with Crippen molar-refractivity contribution >= 4 is 75.9 Å². The van der Waals surface area contributed by atoms with E-state index in [1.807, 2.05) is 0 Å². The minimum absolute atomic E-state index is 0.0184. The lowest BCUT2D eigenvalue weighted by atomic mass is 9.73. The Hall–Kier alpha value is -3.36. The molecular formula is C22H23ClN4O8S2. The number of nitrogens with one attached hydrogen (secondary N) is 2. The van der Waals surface area contributed by atoms with Gasteiger partial charge < -0.3 is 24.8 Å². The van der Waals surface area contributed by atoms with Gasteiger partial charge in [0.2, 0.25) is 23.6 Å². The molecule has 0 unspecified atom stereocenters. The molecule has 0 saturated carbocycles. The average Bonchev–Trinajstić information content (AvgIpc) is 2.84. The summed E-state index contributed by atoms with van der Waals surface area (Å²) in [6, 6.07) is 2.70. The smallest absolute Gasteiger partial charge is 0.344 e. The van der Waals surface area contributed by atoms with Crippen LogP contribution in [0.5, 0.6) is 11.5 Å². The fourth-order valence-electron chi connectivity index (χ4n) is 3.99. The number of nitrogens with zero attached hydrogens (tertiary/aromatic N) is 2. The van der Waals surface area contributed by atoms with E-state index in [-0.39, 0.29) is 38.9 Å². The maximum absolute atomic E-state index is 13.3. The van der Waals surface area contributed by atoms with E-state index >= 15 is 0 Å². The zero-order chi connectivity index (χ0) is 27.6. The molecule has 2 N–H and O–H groups in total. The molecule has 2 heterocycles. The molecule has 0 radical (unpaired) electrons. The predicted octanol–water partition coefficient (Wildman–Crippen LogP) is 0.353. The van der Waals surface area contributed by atoms with Gasteiger partial charge in [-0.3, -0.25) is 29.0 Å². The summed E-state index contributed by atoms with van der Waals surface area (Å²) in [6.07, 6.45) is 0. The van der Waals surface area contributed by atoms with Crippen molar-refractivity contribution in [3.63, 3.8) is 0 Å². The molecule has 2 aliphatic rings. The van der Waals surface area contributed by atoms with Crippen LogP contribution >= 0.6 is 36.0 Å². The van der Waals surface area contributed by atoms with Crippen LogP contribution in [-0.4, -0.2) is 84.0 Å². The molecular weight excluding hydrogens is 548 g/mol. The Morgan fingerprint density at radius 2 is 1.54 bits per heavy atom. The normalized spacial score (nSPS) is 20.2. The van der Waals surface area contributed by atoms with Gasteiger partial charge in [0, 0.05) is 20.0 Å². The Balaban J connectivity index is 2.15. The number of hydrogen-bond donors (Lipinski definition) is 2. The molecule has 2 saturated heterocycles. The first-order chi connectivity index (χ1) is 17.4. The van der Waals surface area contributed by atoms with Crippen LogP contribution in [0.2, 0.25) is 5.02 Å². The fourth-order valence-corrected chi connectivity index (χ4v) is 4.65. The van der Waals surface area contributed by atoms with E-state index in [1.165, 1.54) is 33.3 Å². The molecule has 198 valence electrons. The van der Waals surface area contributed by atoms with Gasteiger partial charge >= 0.3 is 5.97 Å². The second-order valence-corrected chi connectivity index (χ2v) is 9.17. The number of carbonyl (C=O) groups excluding carboxylic acids is 5. The number of ether oxygens (including phenoxy) is 3. The number of benzene rings is 1. The highest BCUT2D eigenvalue weighted by Gasteiger charge is 2.52. The lowest BCUT2D eigenvalue weighted by Gasteiger charge is -2.39. The summed E-state index contributed by atoms with van der Waals surface area (Å²) in [6.45, 7) is 1.32. The Kier molecular flexibility index (Phi) is 8.66. The van der Waals surface area contributed by atoms with Crippen molar-refractivity contribution in [2.75, 3.05) is 34.4 Å². The van der Waals surface area contributed by atoms with Crippen LogP contribution in [0.3, 0.4) is 0 Å². The zero-order valence-electron chi connectivity index (χ0n) is 20.2. The maximum Gasteiger partial charge on any atom is 0.344 e. The van der Waals surface area contributed by atoms with Crippen LogP contribution < -0.4 is 20.1 Å². The standard InChI is InChI=1S/C22H23ClN4O8S2/c1-5-34-12(28)8-35-16-10(23)6-9(7-11(16)33-4)13(14-17(29)24-21(36)26(2)19(14)31)15-18(30)25-22(37)27(3)20(15)32/h6-7,13-15H,5,8H2,1-4H3,(H,24,29,36)(H,25,30,37)/t14-,15-/m1/s1. The topological polar surface area (TPSA) is 144 Å². The molecule has 15 heteroatoms.